The van der Waals surface area contributed by atoms with Crippen molar-refractivity contribution in [3.05, 3.63) is 35.7 Å². The maximum absolute atomic E-state index is 13.4. The number of carbonyl (C=O) groups excluding carboxylic acids is 1. The molecule has 0 radical (unpaired) electrons. The van der Waals surface area contributed by atoms with Crippen molar-refractivity contribution in [1.82, 2.24) is 10.0 Å². The van der Waals surface area contributed by atoms with Crippen molar-refractivity contribution >= 4 is 17.3 Å². The van der Waals surface area contributed by atoms with E-state index in [1.807, 2.05) is 17.0 Å². The number of para-hydroxylation sites is 2. The molecule has 1 saturated carbocycles. The first-order valence-electron chi connectivity index (χ1n) is 9.62. The number of nitrogens with two attached hydrogens (primary N) is 1. The van der Waals surface area contributed by atoms with Crippen LogP contribution in [0.5, 0.6) is 0 Å². The smallest absolute Gasteiger partial charge is 0.230 e. The Balaban J connectivity index is 1.62. The van der Waals surface area contributed by atoms with Gasteiger partial charge >= 0.3 is 0 Å². The maximum Gasteiger partial charge on any atom is 0.230 e. The highest BCUT2D eigenvalue weighted by atomic mass is 16.2. The Labute approximate surface area is 155 Å². The standard InChI is InChI=1S/C20H29N5O/c1-23-12-16-13-25(20(26)15-9-7-14(11-21)8-10-15)18-6-4-3-5-17(18)22-19(16)24(23)2/h3-6,14-15,22H,7-13,21H2,1-2H3. The Morgan fingerprint density at radius 1 is 1.15 bits per heavy atom. The fraction of sp³-hybridized carbons (Fsp3) is 0.550. The van der Waals surface area contributed by atoms with E-state index >= 15 is 0 Å². The summed E-state index contributed by atoms with van der Waals surface area (Å²) in [6.45, 7) is 2.24. The first-order valence-corrected chi connectivity index (χ1v) is 9.62. The third kappa shape index (κ3) is 2.97. The number of hydrogen-bond donors (Lipinski definition) is 2. The molecule has 1 aromatic carbocycles. The Morgan fingerprint density at radius 2 is 1.88 bits per heavy atom. The van der Waals surface area contributed by atoms with Crippen molar-refractivity contribution in [2.45, 2.75) is 25.7 Å². The van der Waals surface area contributed by atoms with Crippen LogP contribution in [0.15, 0.2) is 35.7 Å². The Morgan fingerprint density at radius 3 is 2.62 bits per heavy atom. The van der Waals surface area contributed by atoms with Gasteiger partial charge in [-0.05, 0) is 50.3 Å². The summed E-state index contributed by atoms with van der Waals surface area (Å²) in [5.74, 6) is 2.07. The molecule has 2 aliphatic heterocycles. The van der Waals surface area contributed by atoms with Crippen molar-refractivity contribution < 1.29 is 4.79 Å². The normalized spacial score (nSPS) is 26.3. The average Bonchev–Trinajstić information content (AvgIpc) is 2.84. The van der Waals surface area contributed by atoms with E-state index in [1.165, 1.54) is 5.57 Å². The Hall–Kier alpha value is -2.05. The molecule has 6 heteroatoms. The number of nitrogens with one attached hydrogen (secondary N) is 1. The van der Waals surface area contributed by atoms with Crippen LogP contribution in [0.3, 0.4) is 0 Å². The van der Waals surface area contributed by atoms with Gasteiger partial charge in [0, 0.05) is 32.1 Å². The predicted octanol–water partition coefficient (Wildman–Crippen LogP) is 2.21. The van der Waals surface area contributed by atoms with Crippen LogP contribution in [0.2, 0.25) is 0 Å². The third-order valence-electron chi connectivity index (χ3n) is 6.18. The zero-order valence-electron chi connectivity index (χ0n) is 15.7. The van der Waals surface area contributed by atoms with Gasteiger partial charge in [-0.2, -0.15) is 0 Å². The van der Waals surface area contributed by atoms with Crippen LogP contribution < -0.4 is 16.0 Å². The summed E-state index contributed by atoms with van der Waals surface area (Å²) in [5, 5.41) is 7.86. The molecule has 1 aliphatic carbocycles. The van der Waals surface area contributed by atoms with E-state index in [4.69, 9.17) is 5.73 Å². The van der Waals surface area contributed by atoms with Crippen molar-refractivity contribution in [3.8, 4) is 0 Å². The van der Waals surface area contributed by atoms with Crippen LogP contribution in [-0.4, -0.2) is 49.7 Å². The van der Waals surface area contributed by atoms with Gasteiger partial charge in [-0.15, -0.1) is 0 Å². The number of fused-ring (bicyclic) bond motifs is 1. The number of benzene rings is 1. The molecule has 6 nitrogen and oxygen atoms in total. The summed E-state index contributed by atoms with van der Waals surface area (Å²) in [6.07, 6.45) is 4.05. The quantitative estimate of drug-likeness (QED) is 0.852. The summed E-state index contributed by atoms with van der Waals surface area (Å²) < 4.78 is 0. The second-order valence-electron chi connectivity index (χ2n) is 7.81. The van der Waals surface area contributed by atoms with Crippen LogP contribution in [-0.2, 0) is 4.79 Å². The maximum atomic E-state index is 13.4. The third-order valence-corrected chi connectivity index (χ3v) is 6.18. The second kappa shape index (κ2) is 6.93. The number of amides is 1. The number of carbonyl (C=O) groups is 1. The molecule has 3 N–H and O–H groups in total. The van der Waals surface area contributed by atoms with Crippen LogP contribution in [0.4, 0.5) is 11.4 Å². The molecule has 2 heterocycles. The SMILES string of the molecule is CN1CC2=C(Nc3ccccc3N(C(=O)C3CCC(CN)CC3)C2)N1C. The minimum absolute atomic E-state index is 0.116. The Bertz CT molecular complexity index is 723. The molecule has 0 aromatic heterocycles. The van der Waals surface area contributed by atoms with E-state index in [0.717, 1.165) is 56.0 Å². The molecule has 0 atom stereocenters. The van der Waals surface area contributed by atoms with Gasteiger partial charge in [-0.1, -0.05) is 12.1 Å². The molecule has 140 valence electrons. The highest BCUT2D eigenvalue weighted by molar-refractivity contribution is 5.99. The summed E-state index contributed by atoms with van der Waals surface area (Å²) in [7, 11) is 4.13. The van der Waals surface area contributed by atoms with Gasteiger partial charge in [0.05, 0.1) is 17.9 Å². The molecule has 26 heavy (non-hydrogen) atoms. The van der Waals surface area contributed by atoms with Gasteiger partial charge in [0.15, 0.2) is 0 Å². The first kappa shape index (κ1) is 17.4. The van der Waals surface area contributed by atoms with Gasteiger partial charge in [0.1, 0.15) is 5.82 Å². The fourth-order valence-corrected chi connectivity index (χ4v) is 4.43. The van der Waals surface area contributed by atoms with Crippen LogP contribution in [0.25, 0.3) is 0 Å². The minimum Gasteiger partial charge on any atom is -0.339 e. The molecule has 0 saturated heterocycles. The molecule has 4 rings (SSSR count). The van der Waals surface area contributed by atoms with Crippen LogP contribution in [0.1, 0.15) is 25.7 Å². The topological polar surface area (TPSA) is 64.8 Å². The van der Waals surface area contributed by atoms with Crippen molar-refractivity contribution in [2.75, 3.05) is 43.9 Å². The van der Waals surface area contributed by atoms with Crippen LogP contribution >= 0.6 is 0 Å². The summed E-state index contributed by atoms with van der Waals surface area (Å²) in [6, 6.07) is 8.14. The second-order valence-corrected chi connectivity index (χ2v) is 7.81. The van der Waals surface area contributed by atoms with Gasteiger partial charge < -0.3 is 16.0 Å². The van der Waals surface area contributed by atoms with Crippen molar-refractivity contribution in [1.29, 1.82) is 0 Å². The Kier molecular flexibility index (Phi) is 4.63. The molecule has 0 bridgehead atoms. The monoisotopic (exact) mass is 355 g/mol. The zero-order valence-corrected chi connectivity index (χ0v) is 15.7. The van der Waals surface area contributed by atoms with E-state index in [0.29, 0.717) is 12.5 Å². The summed E-state index contributed by atoms with van der Waals surface area (Å²) in [5.41, 5.74) is 9.07. The number of nitrogens with zero attached hydrogens (tertiary/aromatic N) is 3. The number of likely N-dealkylation sites (N-methyl/N-ethyl adjacent to an activating group) is 1. The molecular weight excluding hydrogens is 326 g/mol. The van der Waals surface area contributed by atoms with E-state index < -0.39 is 0 Å². The van der Waals surface area contributed by atoms with E-state index in [1.54, 1.807) is 0 Å². The van der Waals surface area contributed by atoms with Crippen molar-refractivity contribution in [2.24, 2.45) is 17.6 Å². The number of rotatable bonds is 2. The molecule has 1 amide bonds. The predicted molar refractivity (Wildman–Crippen MR) is 104 cm³/mol. The number of hydrazine groups is 1. The number of hydrogen-bond acceptors (Lipinski definition) is 5. The molecule has 0 spiro atoms. The molecular formula is C20H29N5O. The molecule has 1 fully saturated rings. The highest BCUT2D eigenvalue weighted by Gasteiger charge is 2.35. The van der Waals surface area contributed by atoms with Gasteiger partial charge in [-0.25, -0.2) is 5.01 Å². The van der Waals surface area contributed by atoms with Gasteiger partial charge in [-0.3, -0.25) is 9.80 Å². The van der Waals surface area contributed by atoms with E-state index in [9.17, 15) is 4.79 Å². The fourth-order valence-electron chi connectivity index (χ4n) is 4.43. The average molecular weight is 355 g/mol. The van der Waals surface area contributed by atoms with Gasteiger partial charge in [0.25, 0.3) is 0 Å². The lowest BCUT2D eigenvalue weighted by Gasteiger charge is -2.32. The molecule has 1 aromatic rings. The molecule has 3 aliphatic rings. The minimum atomic E-state index is 0.116. The van der Waals surface area contributed by atoms with Crippen molar-refractivity contribution in [3.63, 3.8) is 0 Å². The van der Waals surface area contributed by atoms with Gasteiger partial charge in [0.2, 0.25) is 5.91 Å². The van der Waals surface area contributed by atoms with Crippen LogP contribution in [0, 0.1) is 11.8 Å². The lowest BCUT2D eigenvalue weighted by atomic mass is 9.81. The lowest BCUT2D eigenvalue weighted by Crippen LogP contribution is -2.40. The zero-order chi connectivity index (χ0) is 18.3. The highest BCUT2D eigenvalue weighted by Crippen LogP contribution is 2.37. The largest absolute Gasteiger partial charge is 0.339 e. The molecule has 0 unspecified atom stereocenters. The van der Waals surface area contributed by atoms with E-state index in [2.05, 4.69) is 41.6 Å². The van der Waals surface area contributed by atoms with E-state index in [-0.39, 0.29) is 11.8 Å². The summed E-state index contributed by atoms with van der Waals surface area (Å²) >= 11 is 0. The summed E-state index contributed by atoms with van der Waals surface area (Å²) in [4.78, 5) is 15.4. The lowest BCUT2D eigenvalue weighted by molar-refractivity contribution is -0.123. The first-order chi connectivity index (χ1) is 12.6. The number of anilines is 2.